The number of thiocarbonyl (C=S) groups is 1. The Morgan fingerprint density at radius 3 is 2.61 bits per heavy atom. The van der Waals surface area contributed by atoms with Crippen molar-refractivity contribution in [2.45, 2.75) is 33.3 Å². The van der Waals surface area contributed by atoms with Crippen molar-refractivity contribution in [1.82, 2.24) is 15.1 Å². The lowest BCUT2D eigenvalue weighted by molar-refractivity contribution is -0.113. The molecule has 1 N–H and O–H groups in total. The van der Waals surface area contributed by atoms with Crippen molar-refractivity contribution in [3.8, 4) is 5.75 Å². The molecule has 0 radical (unpaired) electrons. The fourth-order valence-corrected chi connectivity index (χ4v) is 3.65. The van der Waals surface area contributed by atoms with E-state index < -0.39 is 0 Å². The van der Waals surface area contributed by atoms with E-state index in [9.17, 15) is 4.79 Å². The first-order valence-electron chi connectivity index (χ1n) is 10.0. The third-order valence-electron chi connectivity index (χ3n) is 5.00. The molecule has 4 rings (SSSR count). The molecule has 1 fully saturated rings. The molecule has 1 aliphatic rings. The average molecular weight is 437 g/mol. The summed E-state index contributed by atoms with van der Waals surface area (Å²) in [6, 6.07) is 11.7. The van der Waals surface area contributed by atoms with Crippen LogP contribution in [0.1, 0.15) is 42.5 Å². The number of rotatable bonds is 6. The number of benzene rings is 1. The topological polar surface area (TPSA) is 72.5 Å². The van der Waals surface area contributed by atoms with E-state index >= 15 is 0 Å². The van der Waals surface area contributed by atoms with Gasteiger partial charge in [0.2, 0.25) is 0 Å². The molecule has 3 heterocycles. The molecule has 0 bridgehead atoms. The van der Waals surface area contributed by atoms with Crippen LogP contribution in [0.2, 0.25) is 0 Å². The van der Waals surface area contributed by atoms with E-state index in [1.807, 2.05) is 25.1 Å². The van der Waals surface area contributed by atoms with Crippen molar-refractivity contribution in [3.05, 3.63) is 71.1 Å². The van der Waals surface area contributed by atoms with Crippen molar-refractivity contribution >= 4 is 35.0 Å². The van der Waals surface area contributed by atoms with Crippen LogP contribution in [0.5, 0.6) is 5.75 Å². The number of carbonyl (C=O) groups excluding carboxylic acids is 1. The smallest absolute Gasteiger partial charge is 0.281 e. The van der Waals surface area contributed by atoms with Crippen LogP contribution in [0.3, 0.4) is 0 Å². The minimum Gasteiger partial charge on any atom is -0.486 e. The number of anilines is 1. The van der Waals surface area contributed by atoms with Crippen molar-refractivity contribution in [1.29, 1.82) is 0 Å². The van der Waals surface area contributed by atoms with Gasteiger partial charge in [0.25, 0.3) is 5.91 Å². The molecule has 0 aliphatic carbocycles. The second-order valence-corrected chi connectivity index (χ2v) is 8.11. The number of aromatic nitrogens is 2. The van der Waals surface area contributed by atoms with Crippen LogP contribution in [-0.2, 0) is 18.4 Å². The molecule has 1 saturated heterocycles. The first-order valence-corrected chi connectivity index (χ1v) is 10.4. The maximum absolute atomic E-state index is 12.9. The SMILES string of the molecule is Cc1nn(C)cc1N1C(=O)/C(=C\c2ccc(COc3ccc(C(C)C)cc3)o2)NC1=S. The lowest BCUT2D eigenvalue weighted by Crippen LogP contribution is -2.30. The highest BCUT2D eigenvalue weighted by Crippen LogP contribution is 2.25. The Balaban J connectivity index is 1.44. The van der Waals surface area contributed by atoms with Gasteiger partial charge < -0.3 is 14.5 Å². The minimum absolute atomic E-state index is 0.249. The van der Waals surface area contributed by atoms with Gasteiger partial charge in [0.1, 0.15) is 29.6 Å². The summed E-state index contributed by atoms with van der Waals surface area (Å²) in [4.78, 5) is 14.3. The van der Waals surface area contributed by atoms with E-state index in [0.29, 0.717) is 40.5 Å². The highest BCUT2D eigenvalue weighted by molar-refractivity contribution is 7.80. The Hall–Kier alpha value is -3.39. The Morgan fingerprint density at radius 1 is 1.23 bits per heavy atom. The zero-order chi connectivity index (χ0) is 22.1. The van der Waals surface area contributed by atoms with Gasteiger partial charge in [0.05, 0.1) is 11.4 Å². The lowest BCUT2D eigenvalue weighted by Gasteiger charge is -2.11. The quantitative estimate of drug-likeness (QED) is 0.459. The molecule has 0 atom stereocenters. The number of nitrogens with one attached hydrogen (secondary N) is 1. The van der Waals surface area contributed by atoms with Crippen molar-refractivity contribution in [3.63, 3.8) is 0 Å². The van der Waals surface area contributed by atoms with E-state index in [0.717, 1.165) is 11.4 Å². The third-order valence-corrected chi connectivity index (χ3v) is 5.29. The standard InChI is InChI=1S/C23H24N4O3S/c1-14(2)16-5-7-17(8-6-16)29-13-19-10-9-18(30-19)11-20-22(28)27(23(31)24-20)21-12-26(4)25-15(21)3/h5-12,14H,13H2,1-4H3,(H,24,31)/b20-11+. The first-order chi connectivity index (χ1) is 14.8. The van der Waals surface area contributed by atoms with Crippen LogP contribution in [0.15, 0.2) is 52.7 Å². The summed E-state index contributed by atoms with van der Waals surface area (Å²) >= 11 is 5.35. The molecular formula is C23H24N4O3S. The van der Waals surface area contributed by atoms with Gasteiger partial charge in [-0.1, -0.05) is 26.0 Å². The van der Waals surface area contributed by atoms with E-state index in [-0.39, 0.29) is 5.91 Å². The van der Waals surface area contributed by atoms with Crippen LogP contribution in [0.25, 0.3) is 6.08 Å². The van der Waals surface area contributed by atoms with Crippen LogP contribution in [0.4, 0.5) is 5.69 Å². The summed E-state index contributed by atoms with van der Waals surface area (Å²) in [6.45, 7) is 6.44. The molecule has 8 heteroatoms. The highest BCUT2D eigenvalue weighted by atomic mass is 32.1. The van der Waals surface area contributed by atoms with Gasteiger partial charge in [-0.3, -0.25) is 9.48 Å². The van der Waals surface area contributed by atoms with Crippen molar-refractivity contribution in [2.75, 3.05) is 4.90 Å². The summed E-state index contributed by atoms with van der Waals surface area (Å²) in [5, 5.41) is 7.55. The van der Waals surface area contributed by atoms with Crippen LogP contribution >= 0.6 is 12.2 Å². The summed E-state index contributed by atoms with van der Waals surface area (Å²) in [7, 11) is 1.80. The number of hydrogen-bond acceptors (Lipinski definition) is 5. The average Bonchev–Trinajstić information content (AvgIpc) is 3.39. The van der Waals surface area contributed by atoms with Crippen LogP contribution in [0, 0.1) is 6.92 Å². The lowest BCUT2D eigenvalue weighted by atomic mass is 10.0. The number of furan rings is 1. The van der Waals surface area contributed by atoms with Gasteiger partial charge in [-0.2, -0.15) is 5.10 Å². The monoisotopic (exact) mass is 436 g/mol. The summed E-state index contributed by atoms with van der Waals surface area (Å²) < 4.78 is 13.3. The Bertz CT molecular complexity index is 1160. The van der Waals surface area contributed by atoms with Gasteiger partial charge in [0.15, 0.2) is 5.11 Å². The van der Waals surface area contributed by atoms with Gasteiger partial charge in [-0.25, -0.2) is 4.90 Å². The number of aryl methyl sites for hydroxylation is 2. The molecule has 2 aromatic heterocycles. The van der Waals surface area contributed by atoms with Crippen LogP contribution < -0.4 is 15.0 Å². The fourth-order valence-electron chi connectivity index (χ4n) is 3.36. The second-order valence-electron chi connectivity index (χ2n) is 7.72. The zero-order valence-electron chi connectivity index (χ0n) is 17.9. The Labute approximate surface area is 186 Å². The molecule has 1 aliphatic heterocycles. The van der Waals surface area contributed by atoms with E-state index in [1.165, 1.54) is 10.5 Å². The van der Waals surface area contributed by atoms with E-state index in [1.54, 1.807) is 30.1 Å². The molecule has 0 saturated carbocycles. The predicted octanol–water partition coefficient (Wildman–Crippen LogP) is 4.29. The van der Waals surface area contributed by atoms with Crippen LogP contribution in [-0.4, -0.2) is 20.8 Å². The number of carbonyl (C=O) groups is 1. The maximum Gasteiger partial charge on any atom is 0.281 e. The molecule has 0 spiro atoms. The van der Waals surface area contributed by atoms with E-state index in [2.05, 4.69) is 36.4 Å². The first kappa shape index (κ1) is 20.9. The predicted molar refractivity (Wildman–Crippen MR) is 123 cm³/mol. The number of amides is 1. The Kier molecular flexibility index (Phi) is 5.65. The molecule has 7 nitrogen and oxygen atoms in total. The largest absolute Gasteiger partial charge is 0.486 e. The van der Waals surface area contributed by atoms with E-state index in [4.69, 9.17) is 21.4 Å². The number of hydrogen-bond donors (Lipinski definition) is 1. The van der Waals surface area contributed by atoms with Gasteiger partial charge in [-0.15, -0.1) is 0 Å². The highest BCUT2D eigenvalue weighted by Gasteiger charge is 2.34. The summed E-state index contributed by atoms with van der Waals surface area (Å²) in [5.41, 5.74) is 2.99. The number of nitrogens with zero attached hydrogens (tertiary/aromatic N) is 3. The summed E-state index contributed by atoms with van der Waals surface area (Å²) in [5.74, 6) is 2.21. The third kappa shape index (κ3) is 4.39. The molecule has 1 amide bonds. The van der Waals surface area contributed by atoms with Gasteiger partial charge in [-0.05, 0) is 54.9 Å². The van der Waals surface area contributed by atoms with Crippen molar-refractivity contribution in [2.24, 2.45) is 7.05 Å². The van der Waals surface area contributed by atoms with Gasteiger partial charge in [0, 0.05) is 19.3 Å². The summed E-state index contributed by atoms with van der Waals surface area (Å²) in [6.07, 6.45) is 3.40. The maximum atomic E-state index is 12.9. The second kappa shape index (κ2) is 8.39. The fraction of sp³-hybridized carbons (Fsp3) is 0.261. The molecule has 1 aromatic carbocycles. The molecule has 3 aromatic rings. The molecule has 0 unspecified atom stereocenters. The molecule has 160 valence electrons. The normalized spacial score (nSPS) is 15.3. The zero-order valence-corrected chi connectivity index (χ0v) is 18.7. The minimum atomic E-state index is -0.249. The molecular weight excluding hydrogens is 412 g/mol. The van der Waals surface area contributed by atoms with Crippen molar-refractivity contribution < 1.29 is 13.9 Å². The number of ether oxygens (including phenoxy) is 1. The van der Waals surface area contributed by atoms with Gasteiger partial charge >= 0.3 is 0 Å². The Morgan fingerprint density at radius 2 is 1.97 bits per heavy atom. The molecule has 31 heavy (non-hydrogen) atoms.